The minimum Gasteiger partial charge on any atom is -0.494 e. The molecule has 0 aliphatic heterocycles. The summed E-state index contributed by atoms with van der Waals surface area (Å²) in [5.74, 6) is -0.769. The van der Waals surface area contributed by atoms with Crippen molar-refractivity contribution < 1.29 is 19.0 Å². The van der Waals surface area contributed by atoms with Gasteiger partial charge >= 0.3 is 0 Å². The molecule has 0 saturated heterocycles. The van der Waals surface area contributed by atoms with Crippen molar-refractivity contribution in [2.45, 2.75) is 20.0 Å². The summed E-state index contributed by atoms with van der Waals surface area (Å²) in [7, 11) is 1.35. The van der Waals surface area contributed by atoms with Crippen LogP contribution in [-0.2, 0) is 0 Å². The van der Waals surface area contributed by atoms with Gasteiger partial charge in [0.25, 0.3) is 5.91 Å². The van der Waals surface area contributed by atoms with Crippen LogP contribution in [0.2, 0.25) is 0 Å². The van der Waals surface area contributed by atoms with E-state index in [1.165, 1.54) is 30.2 Å². The number of likely N-dealkylation sites (N-methyl/N-ethyl adjacent to an activating group) is 1. The fraction of sp³-hybridized carbons (Fsp3) is 0.316. The van der Waals surface area contributed by atoms with Crippen LogP contribution in [0, 0.1) is 12.7 Å². The summed E-state index contributed by atoms with van der Waals surface area (Å²) >= 11 is 0. The molecule has 1 atom stereocenters. The van der Waals surface area contributed by atoms with Crippen molar-refractivity contribution in [3.63, 3.8) is 0 Å². The van der Waals surface area contributed by atoms with E-state index in [4.69, 9.17) is 4.74 Å². The van der Waals surface area contributed by atoms with Gasteiger partial charge < -0.3 is 14.7 Å². The van der Waals surface area contributed by atoms with E-state index in [0.29, 0.717) is 12.1 Å². The normalized spacial score (nSPS) is 11.9. The van der Waals surface area contributed by atoms with Crippen LogP contribution in [0.25, 0.3) is 0 Å². The lowest BCUT2D eigenvalue weighted by molar-refractivity contribution is 0.0634. The van der Waals surface area contributed by atoms with E-state index in [-0.39, 0.29) is 18.2 Å². The van der Waals surface area contributed by atoms with Gasteiger partial charge in [-0.2, -0.15) is 0 Å². The van der Waals surface area contributed by atoms with Gasteiger partial charge in [0, 0.05) is 12.1 Å². The first-order chi connectivity index (χ1) is 11.5. The predicted molar refractivity (Wildman–Crippen MR) is 90.7 cm³/mol. The molecule has 0 spiro atoms. The summed E-state index contributed by atoms with van der Waals surface area (Å²) in [6, 6.07) is 11.5. The number of carbonyl (C=O) groups excluding carboxylic acids is 1. The van der Waals surface area contributed by atoms with Crippen molar-refractivity contribution in [1.82, 2.24) is 4.90 Å². The molecule has 0 aliphatic rings. The van der Waals surface area contributed by atoms with Crippen LogP contribution < -0.4 is 4.74 Å². The Morgan fingerprint density at radius 1 is 1.25 bits per heavy atom. The van der Waals surface area contributed by atoms with Crippen LogP contribution in [-0.4, -0.2) is 36.1 Å². The Morgan fingerprint density at radius 3 is 2.50 bits per heavy atom. The van der Waals surface area contributed by atoms with Crippen LogP contribution in [0.1, 0.15) is 34.5 Å². The largest absolute Gasteiger partial charge is 0.494 e. The van der Waals surface area contributed by atoms with Gasteiger partial charge in [0.2, 0.25) is 0 Å². The Labute approximate surface area is 141 Å². The lowest BCUT2D eigenvalue weighted by atomic mass is 10.1. The highest BCUT2D eigenvalue weighted by Crippen LogP contribution is 2.21. The molecule has 2 rings (SSSR count). The third kappa shape index (κ3) is 4.11. The van der Waals surface area contributed by atoms with Gasteiger partial charge in [-0.05, 0) is 37.6 Å². The molecule has 5 heteroatoms. The van der Waals surface area contributed by atoms with Gasteiger partial charge in [0.15, 0.2) is 11.6 Å². The molecule has 0 saturated carbocycles. The smallest absolute Gasteiger partial charge is 0.254 e. The Bertz CT molecular complexity index is 700. The fourth-order valence-electron chi connectivity index (χ4n) is 2.43. The van der Waals surface area contributed by atoms with E-state index in [0.717, 1.165) is 11.1 Å². The average molecular weight is 331 g/mol. The summed E-state index contributed by atoms with van der Waals surface area (Å²) in [5, 5.41) is 10.4. The number of hydrogen-bond donors (Lipinski definition) is 1. The maximum Gasteiger partial charge on any atom is 0.254 e. The molecule has 0 aromatic heterocycles. The Hall–Kier alpha value is -2.40. The monoisotopic (exact) mass is 331 g/mol. The van der Waals surface area contributed by atoms with Crippen LogP contribution in [0.5, 0.6) is 5.75 Å². The van der Waals surface area contributed by atoms with Crippen molar-refractivity contribution in [2.24, 2.45) is 0 Å². The van der Waals surface area contributed by atoms with Crippen molar-refractivity contribution in [3.8, 4) is 5.75 Å². The number of aliphatic hydroxyl groups is 1. The number of ether oxygens (including phenoxy) is 1. The van der Waals surface area contributed by atoms with E-state index in [9.17, 15) is 14.3 Å². The minimum atomic E-state index is -0.781. The number of nitrogens with zero attached hydrogens (tertiary/aromatic N) is 1. The lowest BCUT2D eigenvalue weighted by Gasteiger charge is -2.24. The highest BCUT2D eigenvalue weighted by molar-refractivity contribution is 5.94. The quantitative estimate of drug-likeness (QED) is 0.883. The summed E-state index contributed by atoms with van der Waals surface area (Å²) < 4.78 is 18.4. The molecule has 1 N–H and O–H groups in total. The first-order valence-corrected chi connectivity index (χ1v) is 7.83. The molecule has 128 valence electrons. The van der Waals surface area contributed by atoms with Crippen LogP contribution in [0.4, 0.5) is 4.39 Å². The van der Waals surface area contributed by atoms with Gasteiger partial charge in [-0.3, -0.25) is 4.79 Å². The molecule has 1 amide bonds. The van der Waals surface area contributed by atoms with Gasteiger partial charge in [-0.25, -0.2) is 4.39 Å². The second kappa shape index (κ2) is 7.93. The number of halogens is 1. The van der Waals surface area contributed by atoms with E-state index in [1.54, 1.807) is 0 Å². The highest BCUT2D eigenvalue weighted by Gasteiger charge is 2.20. The Morgan fingerprint density at radius 2 is 1.92 bits per heavy atom. The second-order valence-electron chi connectivity index (χ2n) is 5.62. The van der Waals surface area contributed by atoms with E-state index in [2.05, 4.69) is 0 Å². The first kappa shape index (κ1) is 17.9. The summed E-state index contributed by atoms with van der Waals surface area (Å²) in [5.41, 5.74) is 2.18. The van der Waals surface area contributed by atoms with E-state index in [1.807, 2.05) is 38.1 Å². The van der Waals surface area contributed by atoms with Crippen LogP contribution in [0.3, 0.4) is 0 Å². The van der Waals surface area contributed by atoms with Crippen molar-refractivity contribution in [1.29, 1.82) is 0 Å². The molecule has 2 aromatic carbocycles. The third-order valence-electron chi connectivity index (χ3n) is 3.92. The Kier molecular flexibility index (Phi) is 5.93. The van der Waals surface area contributed by atoms with E-state index < -0.39 is 11.9 Å². The number of benzene rings is 2. The molecule has 0 fully saturated rings. The number of hydrogen-bond acceptors (Lipinski definition) is 3. The minimum absolute atomic E-state index is 0.0241. The number of rotatable bonds is 6. The zero-order valence-electron chi connectivity index (χ0n) is 14.1. The van der Waals surface area contributed by atoms with E-state index >= 15 is 0 Å². The molecule has 0 radical (unpaired) electrons. The summed E-state index contributed by atoms with van der Waals surface area (Å²) in [6.07, 6.45) is -0.781. The topological polar surface area (TPSA) is 49.8 Å². The highest BCUT2D eigenvalue weighted by atomic mass is 19.1. The molecule has 1 unspecified atom stereocenters. The molecule has 0 aliphatic carbocycles. The average Bonchev–Trinajstić information content (AvgIpc) is 2.59. The van der Waals surface area contributed by atoms with Crippen LogP contribution in [0.15, 0.2) is 42.5 Å². The summed E-state index contributed by atoms with van der Waals surface area (Å²) in [4.78, 5) is 14.1. The molecule has 0 bridgehead atoms. The van der Waals surface area contributed by atoms with Gasteiger partial charge in [-0.15, -0.1) is 0 Å². The number of methoxy groups -OCH3 is 1. The molecule has 0 heterocycles. The van der Waals surface area contributed by atoms with Crippen molar-refractivity contribution in [2.75, 3.05) is 20.2 Å². The van der Waals surface area contributed by atoms with Crippen molar-refractivity contribution >= 4 is 5.91 Å². The fourth-order valence-corrected chi connectivity index (χ4v) is 2.43. The number of carbonyl (C=O) groups is 1. The third-order valence-corrected chi connectivity index (χ3v) is 3.92. The standard InChI is InChI=1S/C19H22FNO3/c1-4-21(12-17(22)14-7-5-13(2)6-8-14)19(23)15-9-10-16(20)18(11-15)24-3/h5-11,17,22H,4,12H2,1-3H3. The van der Waals surface area contributed by atoms with Crippen molar-refractivity contribution in [3.05, 3.63) is 65.0 Å². The molecule has 2 aromatic rings. The second-order valence-corrected chi connectivity index (χ2v) is 5.62. The number of aliphatic hydroxyl groups excluding tert-OH is 1. The predicted octanol–water partition coefficient (Wildman–Crippen LogP) is 3.34. The van der Waals surface area contributed by atoms with Crippen LogP contribution >= 0.6 is 0 Å². The number of amides is 1. The number of aryl methyl sites for hydroxylation is 1. The maximum absolute atomic E-state index is 13.5. The molecular weight excluding hydrogens is 309 g/mol. The van der Waals surface area contributed by atoms with Gasteiger partial charge in [-0.1, -0.05) is 29.8 Å². The molecular formula is C19H22FNO3. The lowest BCUT2D eigenvalue weighted by Crippen LogP contribution is -2.34. The Balaban J connectivity index is 2.15. The zero-order valence-corrected chi connectivity index (χ0v) is 14.1. The maximum atomic E-state index is 13.5. The SMILES string of the molecule is CCN(CC(O)c1ccc(C)cc1)C(=O)c1ccc(F)c(OC)c1. The zero-order chi connectivity index (χ0) is 17.7. The molecule has 4 nitrogen and oxygen atoms in total. The first-order valence-electron chi connectivity index (χ1n) is 7.83. The molecule has 24 heavy (non-hydrogen) atoms. The van der Waals surface area contributed by atoms with Gasteiger partial charge in [0.05, 0.1) is 19.8 Å². The van der Waals surface area contributed by atoms with Gasteiger partial charge in [0.1, 0.15) is 0 Å². The summed E-state index contributed by atoms with van der Waals surface area (Å²) in [6.45, 7) is 4.40.